The Hall–Kier alpha value is -2.60. The van der Waals surface area contributed by atoms with Crippen LogP contribution >= 0.6 is 46.3 Å². The molecule has 1 aliphatic carbocycles. The number of carbonyl (C=O) groups excluding carboxylic acids is 3. The second-order valence-corrected chi connectivity index (χ2v) is 11.1. The Morgan fingerprint density at radius 3 is 2.70 bits per heavy atom. The fourth-order valence-electron chi connectivity index (χ4n) is 3.89. The highest BCUT2D eigenvalue weighted by Gasteiger charge is 2.27. The summed E-state index contributed by atoms with van der Waals surface area (Å²) < 4.78 is 6.96. The lowest BCUT2D eigenvalue weighted by atomic mass is 9.95. The third kappa shape index (κ3) is 6.46. The van der Waals surface area contributed by atoms with Crippen LogP contribution in [0.2, 0.25) is 10.0 Å². The van der Waals surface area contributed by atoms with Crippen molar-refractivity contribution in [2.75, 3.05) is 17.7 Å². The summed E-state index contributed by atoms with van der Waals surface area (Å²) in [6.07, 6.45) is 3.80. The molecule has 37 heavy (non-hydrogen) atoms. The van der Waals surface area contributed by atoms with Crippen molar-refractivity contribution in [3.05, 3.63) is 55.6 Å². The van der Waals surface area contributed by atoms with E-state index in [9.17, 15) is 14.4 Å². The Kier molecular flexibility index (Phi) is 9.12. The molecule has 0 radical (unpaired) electrons. The predicted octanol–water partition coefficient (Wildman–Crippen LogP) is 4.90. The Morgan fingerprint density at radius 2 is 1.95 bits per heavy atom. The number of hydrogen-bond donors (Lipinski definition) is 2. The number of aromatic nitrogens is 3. The van der Waals surface area contributed by atoms with E-state index in [4.69, 9.17) is 27.9 Å². The number of fused-ring (bicyclic) bond motifs is 1. The largest absolute Gasteiger partial charge is 0.462 e. The van der Waals surface area contributed by atoms with Crippen molar-refractivity contribution in [2.24, 2.45) is 7.05 Å². The Labute approximate surface area is 232 Å². The van der Waals surface area contributed by atoms with Gasteiger partial charge in [0.1, 0.15) is 5.00 Å². The van der Waals surface area contributed by atoms with Gasteiger partial charge in [0, 0.05) is 17.5 Å². The first kappa shape index (κ1) is 27.4. The number of halogens is 2. The summed E-state index contributed by atoms with van der Waals surface area (Å²) in [5.41, 5.74) is 1.86. The molecule has 0 aliphatic heterocycles. The minimum atomic E-state index is -0.397. The summed E-state index contributed by atoms with van der Waals surface area (Å²) >= 11 is 14.5. The van der Waals surface area contributed by atoms with Crippen molar-refractivity contribution in [1.82, 2.24) is 20.1 Å². The third-order valence-electron chi connectivity index (χ3n) is 5.75. The second kappa shape index (κ2) is 12.3. The summed E-state index contributed by atoms with van der Waals surface area (Å²) in [4.78, 5) is 38.9. The number of amides is 2. The molecule has 0 spiro atoms. The molecule has 196 valence electrons. The summed E-state index contributed by atoms with van der Waals surface area (Å²) in [6.45, 7) is 2.17. The zero-order valence-electron chi connectivity index (χ0n) is 20.2. The number of anilines is 1. The van der Waals surface area contributed by atoms with Gasteiger partial charge in [0.25, 0.3) is 5.91 Å². The van der Waals surface area contributed by atoms with Gasteiger partial charge in [-0.2, -0.15) is 0 Å². The summed E-state index contributed by atoms with van der Waals surface area (Å²) in [6, 6.07) is 4.63. The van der Waals surface area contributed by atoms with Gasteiger partial charge in [-0.15, -0.1) is 21.5 Å². The maximum absolute atomic E-state index is 12.8. The van der Waals surface area contributed by atoms with Crippen LogP contribution in [0.15, 0.2) is 23.4 Å². The molecule has 9 nitrogen and oxygen atoms in total. The Bertz CT molecular complexity index is 1340. The monoisotopic (exact) mass is 581 g/mol. The molecule has 0 fully saturated rings. The molecule has 2 amide bonds. The summed E-state index contributed by atoms with van der Waals surface area (Å²) in [7, 11) is 1.76. The van der Waals surface area contributed by atoms with Crippen molar-refractivity contribution in [1.29, 1.82) is 0 Å². The number of rotatable bonds is 9. The number of carbonyl (C=O) groups is 3. The zero-order chi connectivity index (χ0) is 26.5. The molecule has 2 N–H and O–H groups in total. The molecule has 0 unspecified atom stereocenters. The molecule has 2 aromatic heterocycles. The number of ether oxygens (including phenoxy) is 1. The van der Waals surface area contributed by atoms with E-state index in [1.54, 1.807) is 30.7 Å². The Morgan fingerprint density at radius 1 is 1.16 bits per heavy atom. The van der Waals surface area contributed by atoms with Crippen LogP contribution in [0.1, 0.15) is 56.7 Å². The average molecular weight is 583 g/mol. The van der Waals surface area contributed by atoms with E-state index in [1.165, 1.54) is 29.2 Å². The summed E-state index contributed by atoms with van der Waals surface area (Å²) in [5, 5.41) is 15.6. The minimum Gasteiger partial charge on any atom is -0.462 e. The highest BCUT2D eigenvalue weighted by molar-refractivity contribution is 7.99. The molecule has 0 saturated heterocycles. The lowest BCUT2D eigenvalue weighted by molar-refractivity contribution is -0.113. The van der Waals surface area contributed by atoms with Crippen LogP contribution < -0.4 is 10.6 Å². The van der Waals surface area contributed by atoms with E-state index < -0.39 is 5.97 Å². The molecule has 0 saturated carbocycles. The molecule has 13 heteroatoms. The van der Waals surface area contributed by atoms with Gasteiger partial charge >= 0.3 is 5.97 Å². The van der Waals surface area contributed by atoms with Gasteiger partial charge in [-0.25, -0.2) is 4.79 Å². The number of hydrogen-bond acceptors (Lipinski definition) is 8. The van der Waals surface area contributed by atoms with Gasteiger partial charge in [0.2, 0.25) is 5.91 Å². The first-order valence-corrected chi connectivity index (χ1v) is 14.2. The van der Waals surface area contributed by atoms with E-state index in [-0.39, 0.29) is 30.7 Å². The molecule has 0 bridgehead atoms. The maximum atomic E-state index is 12.8. The highest BCUT2D eigenvalue weighted by Crippen LogP contribution is 2.38. The van der Waals surface area contributed by atoms with E-state index in [0.29, 0.717) is 37.2 Å². The summed E-state index contributed by atoms with van der Waals surface area (Å²) in [5.74, 6) is -0.387. The fourth-order valence-corrected chi connectivity index (χ4v) is 6.21. The first-order valence-electron chi connectivity index (χ1n) is 11.6. The number of nitrogens with zero attached hydrogens (tertiary/aromatic N) is 3. The van der Waals surface area contributed by atoms with Gasteiger partial charge < -0.3 is 19.9 Å². The topological polar surface area (TPSA) is 115 Å². The lowest BCUT2D eigenvalue weighted by Crippen LogP contribution is -2.24. The van der Waals surface area contributed by atoms with E-state index in [1.807, 2.05) is 0 Å². The van der Waals surface area contributed by atoms with Crippen molar-refractivity contribution in [3.8, 4) is 0 Å². The maximum Gasteiger partial charge on any atom is 0.341 e. The first-order chi connectivity index (χ1) is 17.8. The predicted molar refractivity (Wildman–Crippen MR) is 145 cm³/mol. The third-order valence-corrected chi connectivity index (χ3v) is 8.72. The molecule has 2 heterocycles. The minimum absolute atomic E-state index is 0.0758. The van der Waals surface area contributed by atoms with E-state index in [0.717, 1.165) is 36.1 Å². The van der Waals surface area contributed by atoms with Gasteiger partial charge in [-0.05, 0) is 56.4 Å². The fraction of sp³-hybridized carbons (Fsp3) is 0.375. The normalized spacial score (nSPS) is 12.6. The average Bonchev–Trinajstić information content (AvgIpc) is 3.42. The van der Waals surface area contributed by atoms with Crippen LogP contribution in [-0.2, 0) is 36.0 Å². The lowest BCUT2D eigenvalue weighted by Gasteiger charge is -2.12. The zero-order valence-corrected chi connectivity index (χ0v) is 23.4. The Balaban J connectivity index is 1.35. The van der Waals surface area contributed by atoms with Crippen molar-refractivity contribution in [3.63, 3.8) is 0 Å². The molecule has 1 aliphatic rings. The number of nitrogens with one attached hydrogen (secondary N) is 2. The standard InChI is InChI=1S/C24H25Cl2N5O4S2/c1-3-35-23(34)20-14-6-4-5-7-17(14)37-22(20)28-19(32)12-36-24-30-29-18(31(24)2)11-27-21(33)13-8-9-15(25)16(26)10-13/h8-10H,3-7,11-12H2,1-2H3,(H,27,33)(H,28,32). The smallest absolute Gasteiger partial charge is 0.341 e. The number of benzene rings is 1. The molecule has 0 atom stereocenters. The van der Waals surface area contributed by atoms with Crippen LogP contribution in [0.5, 0.6) is 0 Å². The van der Waals surface area contributed by atoms with Crippen LogP contribution in [0.4, 0.5) is 5.00 Å². The van der Waals surface area contributed by atoms with Crippen LogP contribution in [0.25, 0.3) is 0 Å². The van der Waals surface area contributed by atoms with E-state index in [2.05, 4.69) is 20.8 Å². The van der Waals surface area contributed by atoms with Crippen LogP contribution in [0.3, 0.4) is 0 Å². The molecule has 4 rings (SSSR count). The van der Waals surface area contributed by atoms with Crippen molar-refractivity contribution >= 4 is 69.1 Å². The van der Waals surface area contributed by atoms with Gasteiger partial charge in [-0.3, -0.25) is 9.59 Å². The molecular weight excluding hydrogens is 557 g/mol. The number of aryl methyl sites for hydroxylation is 1. The van der Waals surface area contributed by atoms with Crippen LogP contribution in [-0.4, -0.2) is 44.9 Å². The SMILES string of the molecule is CCOC(=O)c1c(NC(=O)CSc2nnc(CNC(=O)c3ccc(Cl)c(Cl)c3)n2C)sc2c1CCCC2. The van der Waals surface area contributed by atoms with Crippen molar-refractivity contribution in [2.45, 2.75) is 44.3 Å². The molecule has 1 aromatic carbocycles. The highest BCUT2D eigenvalue weighted by atomic mass is 35.5. The van der Waals surface area contributed by atoms with Gasteiger partial charge in [-0.1, -0.05) is 35.0 Å². The molecule has 3 aromatic rings. The van der Waals surface area contributed by atoms with Gasteiger partial charge in [0.05, 0.1) is 34.5 Å². The number of thiophene rings is 1. The van der Waals surface area contributed by atoms with Gasteiger partial charge in [0.15, 0.2) is 11.0 Å². The van der Waals surface area contributed by atoms with Crippen LogP contribution in [0, 0.1) is 0 Å². The van der Waals surface area contributed by atoms with E-state index >= 15 is 0 Å². The number of esters is 1. The number of thioether (sulfide) groups is 1. The second-order valence-electron chi connectivity index (χ2n) is 8.24. The molecular formula is C24H25Cl2N5O4S2. The quantitative estimate of drug-likeness (QED) is 0.273. The van der Waals surface area contributed by atoms with Crippen molar-refractivity contribution < 1.29 is 19.1 Å².